The number of benzene rings is 1. The van der Waals surface area contributed by atoms with Crippen LogP contribution in [0.5, 0.6) is 0 Å². The first-order valence-corrected chi connectivity index (χ1v) is 8.56. The number of anilines is 1. The van der Waals surface area contributed by atoms with Gasteiger partial charge in [-0.15, -0.1) is 0 Å². The normalized spacial score (nSPS) is 15.7. The Morgan fingerprint density at radius 1 is 1.23 bits per heavy atom. The van der Waals surface area contributed by atoms with Crippen LogP contribution in [0.25, 0.3) is 11.0 Å². The van der Waals surface area contributed by atoms with Gasteiger partial charge in [-0.25, -0.2) is 9.97 Å². The zero-order chi connectivity index (χ0) is 14.9. The summed E-state index contributed by atoms with van der Waals surface area (Å²) in [7, 11) is 2.05. The Hall–Kier alpha value is -1.95. The molecule has 2 heterocycles. The summed E-state index contributed by atoms with van der Waals surface area (Å²) in [6.07, 6.45) is 5.10. The van der Waals surface area contributed by atoms with E-state index in [0.29, 0.717) is 12.5 Å². The van der Waals surface area contributed by atoms with Gasteiger partial charge in [-0.05, 0) is 25.0 Å². The first-order chi connectivity index (χ1) is 10.8. The van der Waals surface area contributed by atoms with Gasteiger partial charge in [-0.3, -0.25) is 0 Å². The summed E-state index contributed by atoms with van der Waals surface area (Å²) in [6, 6.07) is 8.20. The molecule has 0 atom stereocenters. The first-order valence-electron chi connectivity index (χ1n) is 7.79. The number of aryl methyl sites for hydroxylation is 1. The van der Waals surface area contributed by atoms with Crippen LogP contribution in [0.1, 0.15) is 43.3 Å². The average Bonchev–Trinajstić information content (AvgIpc) is 3.26. The van der Waals surface area contributed by atoms with Crippen LogP contribution in [0.4, 0.5) is 5.13 Å². The molecule has 0 aliphatic heterocycles. The second-order valence-electron chi connectivity index (χ2n) is 5.87. The Balaban J connectivity index is 1.48. The third-order valence-corrected chi connectivity index (χ3v) is 5.13. The summed E-state index contributed by atoms with van der Waals surface area (Å²) < 4.78 is 6.64. The van der Waals surface area contributed by atoms with E-state index in [1.54, 1.807) is 0 Å². The Morgan fingerprint density at radius 2 is 2.05 bits per heavy atom. The highest BCUT2D eigenvalue weighted by molar-refractivity contribution is 7.09. The fourth-order valence-corrected chi connectivity index (χ4v) is 3.81. The molecular weight excluding hydrogens is 294 g/mol. The van der Waals surface area contributed by atoms with Crippen LogP contribution < -0.4 is 5.32 Å². The standard InChI is InChI=1S/C16H19N5S/c1-21-13-9-5-4-8-12(13)18-14(21)10-17-16-19-15(20-22-16)11-6-2-3-7-11/h4-5,8-9,11H,2-3,6-7,10H2,1H3,(H,17,19,20). The number of aromatic nitrogens is 4. The van der Waals surface area contributed by atoms with Crippen LogP contribution in [0.15, 0.2) is 24.3 Å². The van der Waals surface area contributed by atoms with Gasteiger partial charge in [0.25, 0.3) is 0 Å². The van der Waals surface area contributed by atoms with Crippen molar-refractivity contribution in [1.29, 1.82) is 0 Å². The Kier molecular flexibility index (Phi) is 3.54. The fourth-order valence-electron chi connectivity index (χ4n) is 3.16. The van der Waals surface area contributed by atoms with Gasteiger partial charge in [-0.2, -0.15) is 4.37 Å². The van der Waals surface area contributed by atoms with E-state index in [9.17, 15) is 0 Å². The highest BCUT2D eigenvalue weighted by atomic mass is 32.1. The van der Waals surface area contributed by atoms with Gasteiger partial charge < -0.3 is 9.88 Å². The van der Waals surface area contributed by atoms with Crippen molar-refractivity contribution in [3.8, 4) is 0 Å². The summed E-state index contributed by atoms with van der Waals surface area (Å²) in [4.78, 5) is 9.32. The first kappa shape index (κ1) is 13.7. The molecule has 0 saturated heterocycles. The number of fused-ring (bicyclic) bond motifs is 1. The molecule has 2 aromatic heterocycles. The van der Waals surface area contributed by atoms with Gasteiger partial charge in [0.2, 0.25) is 5.13 Å². The molecule has 0 spiro atoms. The van der Waals surface area contributed by atoms with Crippen molar-refractivity contribution in [2.75, 3.05) is 5.32 Å². The van der Waals surface area contributed by atoms with Gasteiger partial charge in [0, 0.05) is 24.5 Å². The zero-order valence-electron chi connectivity index (χ0n) is 12.6. The molecule has 1 aromatic carbocycles. The molecule has 0 unspecified atom stereocenters. The number of rotatable bonds is 4. The largest absolute Gasteiger partial charge is 0.353 e. The zero-order valence-corrected chi connectivity index (χ0v) is 13.4. The molecule has 1 saturated carbocycles. The average molecular weight is 313 g/mol. The third kappa shape index (κ3) is 2.47. The van der Waals surface area contributed by atoms with Crippen LogP contribution in [-0.2, 0) is 13.6 Å². The van der Waals surface area contributed by atoms with E-state index in [0.717, 1.165) is 27.8 Å². The van der Waals surface area contributed by atoms with E-state index < -0.39 is 0 Å². The van der Waals surface area contributed by atoms with Crippen molar-refractivity contribution in [3.05, 3.63) is 35.9 Å². The van der Waals surface area contributed by atoms with Crippen molar-refractivity contribution >= 4 is 27.7 Å². The van der Waals surface area contributed by atoms with Crippen molar-refractivity contribution in [2.45, 2.75) is 38.1 Å². The maximum atomic E-state index is 4.67. The molecule has 6 heteroatoms. The Morgan fingerprint density at radius 3 is 2.86 bits per heavy atom. The molecule has 3 aromatic rings. The molecule has 0 amide bonds. The molecule has 1 fully saturated rings. The summed E-state index contributed by atoms with van der Waals surface area (Å²) >= 11 is 1.46. The van der Waals surface area contributed by atoms with Crippen molar-refractivity contribution in [2.24, 2.45) is 7.05 Å². The molecule has 1 aliphatic rings. The van der Waals surface area contributed by atoms with Gasteiger partial charge in [0.1, 0.15) is 11.6 Å². The number of hydrogen-bond acceptors (Lipinski definition) is 5. The number of hydrogen-bond donors (Lipinski definition) is 1. The van der Waals surface area contributed by atoms with Crippen LogP contribution in [0, 0.1) is 0 Å². The van der Waals surface area contributed by atoms with Crippen LogP contribution >= 0.6 is 11.5 Å². The van der Waals surface area contributed by atoms with E-state index in [1.165, 1.54) is 37.2 Å². The minimum Gasteiger partial charge on any atom is -0.353 e. The Labute approximate surface area is 133 Å². The van der Waals surface area contributed by atoms with Gasteiger partial charge in [0.15, 0.2) is 0 Å². The smallest absolute Gasteiger partial charge is 0.202 e. The minimum atomic E-state index is 0.572. The summed E-state index contributed by atoms with van der Waals surface area (Å²) in [6.45, 7) is 0.671. The number of nitrogens with one attached hydrogen (secondary N) is 1. The van der Waals surface area contributed by atoms with Crippen molar-refractivity contribution < 1.29 is 0 Å². The number of imidazole rings is 1. The Bertz CT molecular complexity index is 785. The van der Waals surface area contributed by atoms with Crippen LogP contribution in [-0.4, -0.2) is 18.9 Å². The van der Waals surface area contributed by atoms with Gasteiger partial charge in [0.05, 0.1) is 17.6 Å². The van der Waals surface area contributed by atoms with Crippen LogP contribution in [0.2, 0.25) is 0 Å². The lowest BCUT2D eigenvalue weighted by atomic mass is 10.1. The monoisotopic (exact) mass is 313 g/mol. The lowest BCUT2D eigenvalue weighted by Gasteiger charge is -2.03. The predicted octanol–water partition coefficient (Wildman–Crippen LogP) is 3.69. The molecule has 114 valence electrons. The number of nitrogens with zero attached hydrogens (tertiary/aromatic N) is 4. The summed E-state index contributed by atoms with van der Waals surface area (Å²) in [5.74, 6) is 2.61. The van der Waals surface area contributed by atoms with E-state index in [2.05, 4.69) is 37.3 Å². The lowest BCUT2D eigenvalue weighted by Crippen LogP contribution is -2.06. The quantitative estimate of drug-likeness (QED) is 0.798. The second kappa shape index (κ2) is 5.68. The number of para-hydroxylation sites is 2. The molecule has 0 bridgehead atoms. The molecule has 5 nitrogen and oxygen atoms in total. The van der Waals surface area contributed by atoms with E-state index in [1.807, 2.05) is 18.2 Å². The third-order valence-electron chi connectivity index (χ3n) is 4.44. The van der Waals surface area contributed by atoms with Gasteiger partial charge in [-0.1, -0.05) is 25.0 Å². The summed E-state index contributed by atoms with van der Waals surface area (Å²) in [5.41, 5.74) is 2.19. The molecule has 4 rings (SSSR count). The molecule has 22 heavy (non-hydrogen) atoms. The molecule has 1 N–H and O–H groups in total. The molecule has 0 radical (unpaired) electrons. The van der Waals surface area contributed by atoms with E-state index in [4.69, 9.17) is 0 Å². The predicted molar refractivity (Wildman–Crippen MR) is 89.2 cm³/mol. The van der Waals surface area contributed by atoms with Crippen molar-refractivity contribution in [1.82, 2.24) is 18.9 Å². The van der Waals surface area contributed by atoms with E-state index >= 15 is 0 Å². The SMILES string of the molecule is Cn1c(CNc2nc(C3CCCC3)ns2)nc2ccccc21. The van der Waals surface area contributed by atoms with Crippen molar-refractivity contribution in [3.63, 3.8) is 0 Å². The highest BCUT2D eigenvalue weighted by Crippen LogP contribution is 2.33. The highest BCUT2D eigenvalue weighted by Gasteiger charge is 2.21. The fraction of sp³-hybridized carbons (Fsp3) is 0.438. The minimum absolute atomic E-state index is 0.572. The maximum Gasteiger partial charge on any atom is 0.202 e. The molecule has 1 aliphatic carbocycles. The van der Waals surface area contributed by atoms with E-state index in [-0.39, 0.29) is 0 Å². The lowest BCUT2D eigenvalue weighted by molar-refractivity contribution is 0.681. The molecular formula is C16H19N5S. The van der Waals surface area contributed by atoms with Crippen LogP contribution in [0.3, 0.4) is 0 Å². The summed E-state index contributed by atoms with van der Waals surface area (Å²) in [5, 5.41) is 4.27. The van der Waals surface area contributed by atoms with Gasteiger partial charge >= 0.3 is 0 Å². The second-order valence-corrected chi connectivity index (χ2v) is 6.62. The topological polar surface area (TPSA) is 55.6 Å². The maximum absolute atomic E-state index is 4.67.